The lowest BCUT2D eigenvalue weighted by Gasteiger charge is -2.07. The maximum atomic E-state index is 12.9. The number of rotatable bonds is 6. The fourth-order valence-electron chi connectivity index (χ4n) is 3.55. The number of halogens is 1. The molecule has 5 rings (SSSR count). The highest BCUT2D eigenvalue weighted by atomic mass is 35.5. The summed E-state index contributed by atoms with van der Waals surface area (Å²) in [5.74, 6) is 1.92. The molecule has 0 amide bonds. The van der Waals surface area contributed by atoms with Gasteiger partial charge in [-0.2, -0.15) is 0 Å². The van der Waals surface area contributed by atoms with Gasteiger partial charge in [0.1, 0.15) is 10.7 Å². The van der Waals surface area contributed by atoms with Crippen LogP contribution in [-0.2, 0) is 12.3 Å². The average molecular weight is 480 g/mol. The molecule has 5 aromatic rings. The Morgan fingerprint density at radius 3 is 2.62 bits per heavy atom. The van der Waals surface area contributed by atoms with Crippen molar-refractivity contribution in [3.8, 4) is 22.5 Å². The summed E-state index contributed by atoms with van der Waals surface area (Å²) in [6.45, 7) is 2.81. The number of H-pyrrole nitrogens is 1. The largest absolute Gasteiger partial charge is 0.309 e. The molecule has 0 saturated heterocycles. The predicted molar refractivity (Wildman–Crippen MR) is 131 cm³/mol. The fourth-order valence-corrected chi connectivity index (χ4v) is 5.62. The molecule has 9 heteroatoms. The number of nitrogens with one attached hydrogen (secondary N) is 1. The highest BCUT2D eigenvalue weighted by Gasteiger charge is 2.17. The molecular formula is C23H18ClN5OS2. The van der Waals surface area contributed by atoms with E-state index in [1.807, 2.05) is 60.0 Å². The van der Waals surface area contributed by atoms with Gasteiger partial charge in [0, 0.05) is 33.6 Å². The van der Waals surface area contributed by atoms with Crippen molar-refractivity contribution in [2.45, 2.75) is 24.4 Å². The fraction of sp³-hybridized carbons (Fsp3) is 0.130. The Balaban J connectivity index is 1.43. The molecule has 0 aliphatic heterocycles. The third kappa shape index (κ3) is 3.85. The first-order valence-electron chi connectivity index (χ1n) is 10.0. The van der Waals surface area contributed by atoms with Crippen LogP contribution in [0.5, 0.6) is 0 Å². The van der Waals surface area contributed by atoms with E-state index >= 15 is 0 Å². The van der Waals surface area contributed by atoms with Gasteiger partial charge in [-0.3, -0.25) is 4.79 Å². The molecule has 0 aliphatic rings. The third-order valence-corrected chi connectivity index (χ3v) is 7.24. The van der Waals surface area contributed by atoms with E-state index in [0.29, 0.717) is 26.8 Å². The van der Waals surface area contributed by atoms with Crippen molar-refractivity contribution in [1.29, 1.82) is 0 Å². The van der Waals surface area contributed by atoms with E-state index in [1.165, 1.54) is 23.1 Å². The van der Waals surface area contributed by atoms with Crippen LogP contribution in [0.25, 0.3) is 32.7 Å². The number of hydrogen-bond acceptors (Lipinski definition) is 6. The van der Waals surface area contributed by atoms with Gasteiger partial charge in [-0.1, -0.05) is 71.9 Å². The van der Waals surface area contributed by atoms with Crippen molar-refractivity contribution >= 4 is 44.9 Å². The molecule has 0 radical (unpaired) electrons. The summed E-state index contributed by atoms with van der Waals surface area (Å²) in [4.78, 5) is 21.2. The Morgan fingerprint density at radius 1 is 1.06 bits per heavy atom. The summed E-state index contributed by atoms with van der Waals surface area (Å²) in [7, 11) is 0. The standard InChI is InChI=1S/C23H18ClN5OS2/c1-2-29-20(14-8-4-3-5-9-14)27-28-23(29)32-13-18-25-21(30)19-16(12-31-22(19)26-18)15-10-6-7-11-17(15)24/h3-12H,2,13H2,1H3,(H,25,26,30). The molecule has 0 atom stereocenters. The topological polar surface area (TPSA) is 76.5 Å². The van der Waals surface area contributed by atoms with Gasteiger partial charge in [-0.15, -0.1) is 21.5 Å². The van der Waals surface area contributed by atoms with Crippen LogP contribution in [-0.4, -0.2) is 24.7 Å². The highest BCUT2D eigenvalue weighted by molar-refractivity contribution is 7.98. The van der Waals surface area contributed by atoms with E-state index in [4.69, 9.17) is 11.6 Å². The number of thioether (sulfide) groups is 1. The van der Waals surface area contributed by atoms with Gasteiger partial charge in [0.25, 0.3) is 5.56 Å². The Kier molecular flexibility index (Phi) is 5.82. The second kappa shape index (κ2) is 8.90. The maximum Gasteiger partial charge on any atom is 0.260 e. The number of hydrogen-bond donors (Lipinski definition) is 1. The number of fused-ring (bicyclic) bond motifs is 1. The summed E-state index contributed by atoms with van der Waals surface area (Å²) in [5.41, 5.74) is 2.50. The smallest absolute Gasteiger partial charge is 0.260 e. The zero-order chi connectivity index (χ0) is 22.1. The van der Waals surface area contributed by atoms with Gasteiger partial charge >= 0.3 is 0 Å². The van der Waals surface area contributed by atoms with E-state index in [9.17, 15) is 4.79 Å². The molecule has 0 saturated carbocycles. The molecule has 2 aromatic carbocycles. The van der Waals surface area contributed by atoms with Crippen molar-refractivity contribution in [3.05, 3.63) is 81.2 Å². The molecule has 160 valence electrons. The second-order valence-electron chi connectivity index (χ2n) is 7.03. The molecule has 0 aliphatic carbocycles. The van der Waals surface area contributed by atoms with Crippen LogP contribution in [0.1, 0.15) is 12.7 Å². The molecule has 3 aromatic heterocycles. The number of benzene rings is 2. The first kappa shape index (κ1) is 20.9. The van der Waals surface area contributed by atoms with E-state index < -0.39 is 0 Å². The number of aromatic nitrogens is 5. The maximum absolute atomic E-state index is 12.9. The number of nitrogens with zero attached hydrogens (tertiary/aromatic N) is 4. The number of aromatic amines is 1. The van der Waals surface area contributed by atoms with Gasteiger partial charge in [0.2, 0.25) is 0 Å². The van der Waals surface area contributed by atoms with E-state index in [2.05, 4.69) is 31.7 Å². The molecular weight excluding hydrogens is 462 g/mol. The zero-order valence-corrected chi connectivity index (χ0v) is 19.5. The SMILES string of the molecule is CCn1c(SCc2nc3scc(-c4ccccc4Cl)c3c(=O)[nH]2)nnc1-c1ccccc1. The minimum atomic E-state index is -0.163. The van der Waals surface area contributed by atoms with Gasteiger partial charge < -0.3 is 9.55 Å². The van der Waals surface area contributed by atoms with Crippen molar-refractivity contribution in [2.24, 2.45) is 0 Å². The quantitative estimate of drug-likeness (QED) is 0.308. The van der Waals surface area contributed by atoms with Crippen LogP contribution in [0.15, 0.2) is 69.9 Å². The molecule has 0 fully saturated rings. The minimum Gasteiger partial charge on any atom is -0.309 e. The Bertz CT molecular complexity index is 1460. The lowest BCUT2D eigenvalue weighted by Crippen LogP contribution is -2.11. The van der Waals surface area contributed by atoms with E-state index in [-0.39, 0.29) is 5.56 Å². The number of thiophene rings is 1. The zero-order valence-electron chi connectivity index (χ0n) is 17.1. The molecule has 32 heavy (non-hydrogen) atoms. The molecule has 3 heterocycles. The van der Waals surface area contributed by atoms with Crippen molar-refractivity contribution in [2.75, 3.05) is 0 Å². The summed E-state index contributed by atoms with van der Waals surface area (Å²) in [6, 6.07) is 17.5. The van der Waals surface area contributed by atoms with Crippen LogP contribution >= 0.6 is 34.7 Å². The summed E-state index contributed by atoms with van der Waals surface area (Å²) < 4.78 is 2.07. The molecule has 0 spiro atoms. The highest BCUT2D eigenvalue weighted by Crippen LogP contribution is 2.35. The second-order valence-corrected chi connectivity index (χ2v) is 9.23. The summed E-state index contributed by atoms with van der Waals surface area (Å²) in [6.07, 6.45) is 0. The van der Waals surface area contributed by atoms with Crippen molar-refractivity contribution < 1.29 is 0 Å². The molecule has 0 bridgehead atoms. The summed E-state index contributed by atoms with van der Waals surface area (Å²) >= 11 is 9.29. The Morgan fingerprint density at radius 2 is 1.84 bits per heavy atom. The average Bonchev–Trinajstić information content (AvgIpc) is 3.43. The minimum absolute atomic E-state index is 0.163. The Labute approximate surface area is 197 Å². The molecule has 1 N–H and O–H groups in total. The normalized spacial score (nSPS) is 11.3. The first-order chi connectivity index (χ1) is 15.7. The van der Waals surface area contributed by atoms with Crippen molar-refractivity contribution in [3.63, 3.8) is 0 Å². The first-order valence-corrected chi connectivity index (χ1v) is 12.3. The molecule has 0 unspecified atom stereocenters. The van der Waals surface area contributed by atoms with Crippen LogP contribution in [0.3, 0.4) is 0 Å². The van der Waals surface area contributed by atoms with Crippen LogP contribution in [0.2, 0.25) is 5.02 Å². The molecule has 6 nitrogen and oxygen atoms in total. The van der Waals surface area contributed by atoms with Crippen LogP contribution in [0, 0.1) is 0 Å². The van der Waals surface area contributed by atoms with Crippen LogP contribution in [0.4, 0.5) is 0 Å². The lowest BCUT2D eigenvalue weighted by molar-refractivity contribution is 0.687. The Hall–Kier alpha value is -2.94. The van der Waals surface area contributed by atoms with Gasteiger partial charge in [0.05, 0.1) is 11.1 Å². The monoisotopic (exact) mass is 479 g/mol. The summed E-state index contributed by atoms with van der Waals surface area (Å²) in [5, 5.41) is 12.6. The lowest BCUT2D eigenvalue weighted by atomic mass is 10.1. The van der Waals surface area contributed by atoms with E-state index in [0.717, 1.165) is 34.2 Å². The van der Waals surface area contributed by atoms with Gasteiger partial charge in [0.15, 0.2) is 11.0 Å². The van der Waals surface area contributed by atoms with Crippen LogP contribution < -0.4 is 5.56 Å². The van der Waals surface area contributed by atoms with Crippen molar-refractivity contribution in [1.82, 2.24) is 24.7 Å². The predicted octanol–water partition coefficient (Wildman–Crippen LogP) is 5.88. The van der Waals surface area contributed by atoms with Gasteiger partial charge in [-0.25, -0.2) is 4.98 Å². The van der Waals surface area contributed by atoms with Gasteiger partial charge in [-0.05, 0) is 13.0 Å². The third-order valence-electron chi connectivity index (χ3n) is 5.06. The van der Waals surface area contributed by atoms with E-state index in [1.54, 1.807) is 0 Å².